The van der Waals surface area contributed by atoms with E-state index in [1.807, 2.05) is 42.5 Å². The molecule has 0 aliphatic rings. The van der Waals surface area contributed by atoms with Crippen LogP contribution < -0.4 is 10.6 Å². The van der Waals surface area contributed by atoms with Gasteiger partial charge in [-0.1, -0.05) is 50.2 Å². The maximum absolute atomic E-state index is 12.6. The lowest BCUT2D eigenvalue weighted by Gasteiger charge is -2.13. The van der Waals surface area contributed by atoms with Crippen molar-refractivity contribution in [2.24, 2.45) is 0 Å². The Morgan fingerprint density at radius 1 is 0.815 bits per heavy atom. The van der Waals surface area contributed by atoms with E-state index in [0.717, 1.165) is 11.3 Å². The minimum Gasteiger partial charge on any atom is -0.322 e. The van der Waals surface area contributed by atoms with Crippen molar-refractivity contribution < 1.29 is 9.59 Å². The van der Waals surface area contributed by atoms with E-state index in [9.17, 15) is 9.59 Å². The van der Waals surface area contributed by atoms with Crippen molar-refractivity contribution in [2.75, 3.05) is 10.6 Å². The van der Waals surface area contributed by atoms with E-state index in [1.54, 1.807) is 18.2 Å². The number of anilines is 2. The average Bonchev–Trinajstić information content (AvgIpc) is 2.69. The second-order valence-corrected chi connectivity index (χ2v) is 6.48. The number of amides is 2. The van der Waals surface area contributed by atoms with Gasteiger partial charge in [0.05, 0.1) is 11.1 Å². The number of hydrogen-bond acceptors (Lipinski definition) is 3. The molecule has 0 bridgehead atoms. The molecule has 0 saturated carbocycles. The van der Waals surface area contributed by atoms with Crippen molar-refractivity contribution in [1.82, 2.24) is 4.98 Å². The molecule has 0 atom stereocenters. The summed E-state index contributed by atoms with van der Waals surface area (Å²) >= 11 is 0. The molecule has 0 unspecified atom stereocenters. The molecule has 0 radical (unpaired) electrons. The normalized spacial score (nSPS) is 10.5. The van der Waals surface area contributed by atoms with Crippen LogP contribution in [0.4, 0.5) is 11.4 Å². The van der Waals surface area contributed by atoms with Crippen LogP contribution in [0.3, 0.4) is 0 Å². The molecule has 2 N–H and O–H groups in total. The van der Waals surface area contributed by atoms with Gasteiger partial charge in [-0.15, -0.1) is 0 Å². The monoisotopic (exact) mass is 359 g/mol. The highest BCUT2D eigenvalue weighted by Crippen LogP contribution is 2.24. The number of pyridine rings is 1. The van der Waals surface area contributed by atoms with Crippen LogP contribution in [0.1, 0.15) is 46.0 Å². The summed E-state index contributed by atoms with van der Waals surface area (Å²) in [6.07, 6.45) is 2.89. The highest BCUT2D eigenvalue weighted by atomic mass is 16.2. The molecule has 0 aliphatic heterocycles. The van der Waals surface area contributed by atoms with Gasteiger partial charge in [0.2, 0.25) is 0 Å². The number of carbonyl (C=O) groups excluding carboxylic acids is 2. The highest BCUT2D eigenvalue weighted by Gasteiger charge is 2.14. The second kappa shape index (κ2) is 8.27. The Hall–Kier alpha value is -3.47. The smallest absolute Gasteiger partial charge is 0.257 e. The van der Waals surface area contributed by atoms with Crippen molar-refractivity contribution in [3.05, 3.63) is 89.7 Å². The predicted molar refractivity (Wildman–Crippen MR) is 107 cm³/mol. The lowest BCUT2D eigenvalue weighted by Crippen LogP contribution is -2.17. The molecule has 27 heavy (non-hydrogen) atoms. The number of carbonyl (C=O) groups is 2. The van der Waals surface area contributed by atoms with Gasteiger partial charge < -0.3 is 10.6 Å². The van der Waals surface area contributed by atoms with Crippen LogP contribution in [0.15, 0.2) is 73.1 Å². The fraction of sp³-hybridized carbons (Fsp3) is 0.136. The first-order valence-corrected chi connectivity index (χ1v) is 8.76. The quantitative estimate of drug-likeness (QED) is 0.693. The summed E-state index contributed by atoms with van der Waals surface area (Å²) in [5, 5.41) is 5.70. The Morgan fingerprint density at radius 2 is 1.41 bits per heavy atom. The molecule has 5 heteroatoms. The van der Waals surface area contributed by atoms with Gasteiger partial charge >= 0.3 is 0 Å². The molecule has 0 aliphatic carbocycles. The fourth-order valence-corrected chi connectivity index (χ4v) is 2.72. The molecule has 0 spiro atoms. The maximum atomic E-state index is 12.6. The lowest BCUT2D eigenvalue weighted by atomic mass is 10.0. The summed E-state index contributed by atoms with van der Waals surface area (Å²) in [6, 6.07) is 18.4. The number of aromatic nitrogens is 1. The molecular weight excluding hydrogens is 338 g/mol. The molecule has 3 rings (SSSR count). The summed E-state index contributed by atoms with van der Waals surface area (Å²) in [4.78, 5) is 29.1. The van der Waals surface area contributed by atoms with Gasteiger partial charge in [0.15, 0.2) is 0 Å². The number of nitrogens with one attached hydrogen (secondary N) is 2. The summed E-state index contributed by atoms with van der Waals surface area (Å²) in [5.74, 6) is -0.335. The first kappa shape index (κ1) is 18.3. The molecular formula is C22H21N3O2. The molecule has 3 aromatic rings. The third-order valence-corrected chi connectivity index (χ3v) is 4.13. The minimum absolute atomic E-state index is 0.280. The highest BCUT2D eigenvalue weighted by molar-refractivity contribution is 6.08. The number of benzene rings is 2. The standard InChI is InChI=1S/C22H21N3O2/c1-15(2)19-10-6-7-11-20(19)25-22(27)17-12-16(13-23-14-17)21(26)24-18-8-4-3-5-9-18/h3-15H,1-2H3,(H,24,26)(H,25,27). The zero-order valence-electron chi connectivity index (χ0n) is 15.3. The van der Waals surface area contributed by atoms with Gasteiger partial charge in [-0.05, 0) is 35.7 Å². The van der Waals surface area contributed by atoms with Crippen LogP contribution in [0.25, 0.3) is 0 Å². The van der Waals surface area contributed by atoms with Crippen LogP contribution >= 0.6 is 0 Å². The van der Waals surface area contributed by atoms with Crippen molar-refractivity contribution in [3.63, 3.8) is 0 Å². The van der Waals surface area contributed by atoms with E-state index < -0.39 is 0 Å². The summed E-state index contributed by atoms with van der Waals surface area (Å²) in [7, 11) is 0. The number of hydrogen-bond donors (Lipinski definition) is 2. The molecule has 0 saturated heterocycles. The first-order chi connectivity index (χ1) is 13.0. The van der Waals surface area contributed by atoms with Crippen LogP contribution in [0.2, 0.25) is 0 Å². The van der Waals surface area contributed by atoms with Gasteiger partial charge in [0.1, 0.15) is 0 Å². The molecule has 2 amide bonds. The lowest BCUT2D eigenvalue weighted by molar-refractivity contribution is 0.102. The van der Waals surface area contributed by atoms with E-state index in [2.05, 4.69) is 29.5 Å². The Bertz CT molecular complexity index is 953. The number of rotatable bonds is 5. The number of para-hydroxylation sites is 2. The van der Waals surface area contributed by atoms with Crippen molar-refractivity contribution in [1.29, 1.82) is 0 Å². The topological polar surface area (TPSA) is 71.1 Å². The second-order valence-electron chi connectivity index (χ2n) is 6.48. The van der Waals surface area contributed by atoms with E-state index in [1.165, 1.54) is 12.4 Å². The molecule has 0 fully saturated rings. The zero-order chi connectivity index (χ0) is 19.2. The van der Waals surface area contributed by atoms with E-state index in [4.69, 9.17) is 0 Å². The summed E-state index contributed by atoms with van der Waals surface area (Å²) < 4.78 is 0. The first-order valence-electron chi connectivity index (χ1n) is 8.76. The average molecular weight is 359 g/mol. The predicted octanol–water partition coefficient (Wildman–Crippen LogP) is 4.71. The van der Waals surface area contributed by atoms with E-state index in [0.29, 0.717) is 16.8 Å². The number of nitrogens with zero attached hydrogens (tertiary/aromatic N) is 1. The van der Waals surface area contributed by atoms with Crippen molar-refractivity contribution >= 4 is 23.2 Å². The van der Waals surface area contributed by atoms with Gasteiger partial charge in [-0.25, -0.2) is 0 Å². The van der Waals surface area contributed by atoms with Gasteiger partial charge in [0, 0.05) is 23.8 Å². The van der Waals surface area contributed by atoms with Crippen LogP contribution in [-0.4, -0.2) is 16.8 Å². The minimum atomic E-state index is -0.314. The molecule has 2 aromatic carbocycles. The van der Waals surface area contributed by atoms with E-state index in [-0.39, 0.29) is 17.7 Å². The third-order valence-electron chi connectivity index (χ3n) is 4.13. The SMILES string of the molecule is CC(C)c1ccccc1NC(=O)c1cncc(C(=O)Nc2ccccc2)c1. The molecule has 136 valence electrons. The molecule has 1 aromatic heterocycles. The fourth-order valence-electron chi connectivity index (χ4n) is 2.72. The Morgan fingerprint density at radius 3 is 2.07 bits per heavy atom. The summed E-state index contributed by atoms with van der Waals surface area (Å²) in [6.45, 7) is 4.14. The molecule has 5 nitrogen and oxygen atoms in total. The zero-order valence-corrected chi connectivity index (χ0v) is 15.3. The van der Waals surface area contributed by atoms with Gasteiger partial charge in [-0.3, -0.25) is 14.6 Å². The maximum Gasteiger partial charge on any atom is 0.257 e. The van der Waals surface area contributed by atoms with Crippen LogP contribution in [-0.2, 0) is 0 Å². The largest absolute Gasteiger partial charge is 0.322 e. The summed E-state index contributed by atoms with van der Waals surface area (Å²) in [5.41, 5.74) is 3.15. The third kappa shape index (κ3) is 4.58. The Balaban J connectivity index is 1.77. The van der Waals surface area contributed by atoms with Gasteiger partial charge in [0.25, 0.3) is 11.8 Å². The van der Waals surface area contributed by atoms with Crippen LogP contribution in [0, 0.1) is 0 Å². The van der Waals surface area contributed by atoms with E-state index >= 15 is 0 Å². The van der Waals surface area contributed by atoms with Crippen molar-refractivity contribution in [2.45, 2.75) is 19.8 Å². The van der Waals surface area contributed by atoms with Crippen molar-refractivity contribution in [3.8, 4) is 0 Å². The molecule has 1 heterocycles. The van der Waals surface area contributed by atoms with Gasteiger partial charge in [-0.2, -0.15) is 0 Å². The Kier molecular flexibility index (Phi) is 5.61. The van der Waals surface area contributed by atoms with Crippen LogP contribution in [0.5, 0.6) is 0 Å². The Labute approximate surface area is 158 Å².